The van der Waals surface area contributed by atoms with Crippen LogP contribution in [0.15, 0.2) is 22.7 Å². The van der Waals surface area contributed by atoms with Gasteiger partial charge in [0.05, 0.1) is 0 Å². The largest absolute Gasteiger partial charge is 0.370 e. The van der Waals surface area contributed by atoms with Gasteiger partial charge in [0.25, 0.3) is 5.89 Å². The maximum absolute atomic E-state index is 13.5. The zero-order valence-electron chi connectivity index (χ0n) is 10.3. The molecule has 0 amide bonds. The lowest BCUT2D eigenvalue weighted by Crippen LogP contribution is -2.14. The van der Waals surface area contributed by atoms with E-state index in [0.29, 0.717) is 0 Å². The third-order valence-corrected chi connectivity index (χ3v) is 2.62. The Morgan fingerprint density at radius 1 is 1.42 bits per heavy atom. The van der Waals surface area contributed by atoms with Gasteiger partial charge >= 0.3 is 0 Å². The van der Waals surface area contributed by atoms with Crippen LogP contribution in [0.25, 0.3) is 0 Å². The number of rotatable bonds is 5. The molecule has 2 rings (SSSR count). The first-order chi connectivity index (χ1) is 9.13. The number of hydrogen-bond donors (Lipinski definition) is 1. The molecule has 2 aromatic rings. The fourth-order valence-electron chi connectivity index (χ4n) is 1.60. The van der Waals surface area contributed by atoms with E-state index in [-0.39, 0.29) is 30.2 Å². The molecular formula is C12H13F2N3O2. The molecule has 0 fully saturated rings. The molecule has 1 aromatic heterocycles. The zero-order chi connectivity index (χ0) is 13.8. The van der Waals surface area contributed by atoms with Gasteiger partial charge in [0.1, 0.15) is 17.7 Å². The molecule has 1 aromatic carbocycles. The molecule has 5 nitrogen and oxygen atoms in total. The van der Waals surface area contributed by atoms with Crippen molar-refractivity contribution >= 4 is 0 Å². The molecule has 2 N–H and O–H groups in total. The molecular weight excluding hydrogens is 256 g/mol. The quantitative estimate of drug-likeness (QED) is 0.892. The predicted octanol–water partition coefficient (Wildman–Crippen LogP) is 1.58. The molecule has 1 atom stereocenters. The second-order valence-electron chi connectivity index (χ2n) is 3.92. The van der Waals surface area contributed by atoms with Gasteiger partial charge in [-0.15, -0.1) is 0 Å². The molecule has 0 spiro atoms. The normalized spacial score (nSPS) is 12.6. The molecule has 7 heteroatoms. The molecule has 0 saturated heterocycles. The number of nitrogens with zero attached hydrogens (tertiary/aromatic N) is 2. The van der Waals surface area contributed by atoms with Crippen molar-refractivity contribution in [3.05, 3.63) is 47.1 Å². The van der Waals surface area contributed by atoms with Crippen molar-refractivity contribution in [1.82, 2.24) is 10.1 Å². The summed E-state index contributed by atoms with van der Waals surface area (Å²) in [5, 5.41) is 3.71. The number of ether oxygens (including phenoxy) is 1. The summed E-state index contributed by atoms with van der Waals surface area (Å²) in [5.74, 6) is -0.746. The van der Waals surface area contributed by atoms with Gasteiger partial charge in [-0.2, -0.15) is 4.98 Å². The van der Waals surface area contributed by atoms with Crippen LogP contribution in [0.2, 0.25) is 0 Å². The first-order valence-electron chi connectivity index (χ1n) is 5.63. The minimum atomic E-state index is -0.645. The van der Waals surface area contributed by atoms with Crippen molar-refractivity contribution in [2.75, 3.05) is 13.7 Å². The Morgan fingerprint density at radius 3 is 2.84 bits per heavy atom. The lowest BCUT2D eigenvalue weighted by Gasteiger charge is -2.05. The molecule has 0 bridgehead atoms. The second kappa shape index (κ2) is 5.85. The number of aromatic nitrogens is 2. The molecule has 0 aliphatic rings. The Hall–Kier alpha value is -1.86. The zero-order valence-corrected chi connectivity index (χ0v) is 10.3. The van der Waals surface area contributed by atoms with E-state index in [1.165, 1.54) is 19.2 Å². The van der Waals surface area contributed by atoms with Gasteiger partial charge in [0, 0.05) is 26.1 Å². The van der Waals surface area contributed by atoms with Crippen LogP contribution >= 0.6 is 0 Å². The predicted molar refractivity (Wildman–Crippen MR) is 62.3 cm³/mol. The van der Waals surface area contributed by atoms with Crippen LogP contribution in [-0.2, 0) is 11.2 Å². The Morgan fingerprint density at radius 2 is 2.21 bits per heavy atom. The van der Waals surface area contributed by atoms with Gasteiger partial charge in [0.15, 0.2) is 5.82 Å². The van der Waals surface area contributed by atoms with Gasteiger partial charge in [-0.3, -0.25) is 0 Å². The summed E-state index contributed by atoms with van der Waals surface area (Å²) in [6.07, 6.45) is -0.379. The highest BCUT2D eigenvalue weighted by molar-refractivity contribution is 5.21. The lowest BCUT2D eigenvalue weighted by molar-refractivity contribution is 0.0804. The molecule has 0 saturated carbocycles. The van der Waals surface area contributed by atoms with Crippen LogP contribution in [0, 0.1) is 11.6 Å². The number of benzene rings is 1. The third kappa shape index (κ3) is 3.12. The van der Waals surface area contributed by atoms with Crippen LogP contribution in [0.4, 0.5) is 8.78 Å². The number of nitrogens with two attached hydrogens (primary N) is 1. The monoisotopic (exact) mass is 269 g/mol. The first-order valence-corrected chi connectivity index (χ1v) is 5.63. The van der Waals surface area contributed by atoms with E-state index in [0.717, 1.165) is 6.07 Å². The van der Waals surface area contributed by atoms with Crippen LogP contribution in [0.5, 0.6) is 0 Å². The molecule has 0 aliphatic carbocycles. The van der Waals surface area contributed by atoms with E-state index >= 15 is 0 Å². The maximum atomic E-state index is 13.5. The SMILES string of the molecule is COC(CN)c1nc(Cc2ccc(F)cc2F)no1. The van der Waals surface area contributed by atoms with Crippen molar-refractivity contribution in [3.63, 3.8) is 0 Å². The van der Waals surface area contributed by atoms with Gasteiger partial charge in [-0.05, 0) is 11.6 Å². The van der Waals surface area contributed by atoms with Gasteiger partial charge in [-0.25, -0.2) is 8.78 Å². The second-order valence-corrected chi connectivity index (χ2v) is 3.92. The third-order valence-electron chi connectivity index (χ3n) is 2.62. The number of halogens is 2. The summed E-state index contributed by atoms with van der Waals surface area (Å²) in [5.41, 5.74) is 5.75. The van der Waals surface area contributed by atoms with Gasteiger partial charge < -0.3 is 15.0 Å². The topological polar surface area (TPSA) is 74.2 Å². The highest BCUT2D eigenvalue weighted by Crippen LogP contribution is 2.16. The summed E-state index contributed by atoms with van der Waals surface area (Å²) in [7, 11) is 1.47. The molecule has 19 heavy (non-hydrogen) atoms. The minimum Gasteiger partial charge on any atom is -0.370 e. The summed E-state index contributed by atoms with van der Waals surface area (Å²) in [6, 6.07) is 3.34. The lowest BCUT2D eigenvalue weighted by atomic mass is 10.1. The molecule has 1 unspecified atom stereocenters. The van der Waals surface area contributed by atoms with Crippen LogP contribution in [0.3, 0.4) is 0 Å². The van der Waals surface area contributed by atoms with E-state index < -0.39 is 17.7 Å². The average Bonchev–Trinajstić information content (AvgIpc) is 2.83. The minimum absolute atomic E-state index is 0.108. The van der Waals surface area contributed by atoms with Crippen molar-refractivity contribution in [1.29, 1.82) is 0 Å². The summed E-state index contributed by atoms with van der Waals surface area (Å²) in [6.45, 7) is 0.197. The summed E-state index contributed by atoms with van der Waals surface area (Å²) in [4.78, 5) is 4.07. The van der Waals surface area contributed by atoms with E-state index in [1.54, 1.807) is 0 Å². The van der Waals surface area contributed by atoms with Crippen molar-refractivity contribution in [2.45, 2.75) is 12.5 Å². The number of methoxy groups -OCH3 is 1. The maximum Gasteiger partial charge on any atom is 0.257 e. The van der Waals surface area contributed by atoms with E-state index in [1.807, 2.05) is 0 Å². The van der Waals surface area contributed by atoms with Crippen LogP contribution in [0.1, 0.15) is 23.4 Å². The number of hydrogen-bond acceptors (Lipinski definition) is 5. The van der Waals surface area contributed by atoms with Crippen molar-refractivity contribution < 1.29 is 18.0 Å². The first kappa shape index (κ1) is 13.6. The van der Waals surface area contributed by atoms with Gasteiger partial charge in [-0.1, -0.05) is 11.2 Å². The fourth-order valence-corrected chi connectivity index (χ4v) is 1.60. The standard InChI is InChI=1S/C12H13F2N3O2/c1-18-10(6-15)12-16-11(17-19-12)4-7-2-3-8(13)5-9(7)14/h2-3,5,10H,4,6,15H2,1H3. The Balaban J connectivity index is 2.15. The van der Waals surface area contributed by atoms with Crippen LogP contribution < -0.4 is 5.73 Å². The molecule has 0 aliphatic heterocycles. The Kier molecular flexibility index (Phi) is 4.18. The molecule has 1 heterocycles. The van der Waals surface area contributed by atoms with Crippen molar-refractivity contribution in [2.24, 2.45) is 5.73 Å². The molecule has 102 valence electrons. The highest BCUT2D eigenvalue weighted by atomic mass is 19.1. The van der Waals surface area contributed by atoms with E-state index in [4.69, 9.17) is 15.0 Å². The van der Waals surface area contributed by atoms with Gasteiger partial charge in [0.2, 0.25) is 0 Å². The summed E-state index contributed by atoms with van der Waals surface area (Å²) >= 11 is 0. The van der Waals surface area contributed by atoms with E-state index in [2.05, 4.69) is 10.1 Å². The highest BCUT2D eigenvalue weighted by Gasteiger charge is 2.17. The van der Waals surface area contributed by atoms with Crippen LogP contribution in [-0.4, -0.2) is 23.8 Å². The summed E-state index contributed by atoms with van der Waals surface area (Å²) < 4.78 is 36.3. The molecule has 0 radical (unpaired) electrons. The Labute approximate surface area is 108 Å². The fraction of sp³-hybridized carbons (Fsp3) is 0.333. The van der Waals surface area contributed by atoms with Crippen molar-refractivity contribution in [3.8, 4) is 0 Å². The smallest absolute Gasteiger partial charge is 0.257 e. The van der Waals surface area contributed by atoms with E-state index in [9.17, 15) is 8.78 Å². The Bertz CT molecular complexity index is 556. The average molecular weight is 269 g/mol.